The summed E-state index contributed by atoms with van der Waals surface area (Å²) in [5.41, 5.74) is 0. The molecule has 5 heteroatoms. The largest absolute Gasteiger partial charge is 0.354 e. The van der Waals surface area contributed by atoms with E-state index < -0.39 is 0 Å². The minimum atomic E-state index is -0.325. The molecule has 4 nitrogen and oxygen atoms in total. The molecule has 2 rings (SSSR count). The average Bonchev–Trinajstić information content (AvgIpc) is 2.86. The van der Waals surface area contributed by atoms with Gasteiger partial charge in [-0.3, -0.25) is 0 Å². The third-order valence-corrected chi connectivity index (χ3v) is 3.42. The molecule has 0 aliphatic carbocycles. The Morgan fingerprint density at radius 2 is 2.33 bits per heavy atom. The number of nitrogens with zero attached hydrogens (tertiary/aromatic N) is 3. The van der Waals surface area contributed by atoms with E-state index in [-0.39, 0.29) is 5.82 Å². The Hall–Kier alpha value is -1.39. The lowest BCUT2D eigenvalue weighted by Gasteiger charge is -2.18. The quantitative estimate of drug-likeness (QED) is 0.874. The summed E-state index contributed by atoms with van der Waals surface area (Å²) < 4.78 is 13.8. The van der Waals surface area contributed by atoms with Gasteiger partial charge in [0.2, 0.25) is 5.95 Å². The van der Waals surface area contributed by atoms with Crippen LogP contribution in [0.3, 0.4) is 0 Å². The van der Waals surface area contributed by atoms with Gasteiger partial charge in [0.15, 0.2) is 11.6 Å². The molecular weight excluding hydrogens is 231 g/mol. The third-order valence-electron chi connectivity index (χ3n) is 3.42. The fraction of sp³-hybridized carbons (Fsp3) is 0.692. The molecule has 1 unspecified atom stereocenters. The molecule has 0 aromatic carbocycles. The standard InChI is InChI=1S/C13H21FN4/c1-3-6-15-13-16-8-11(14)12(17-13)18-7-5-10(4-2)9-18/h8,10H,3-7,9H2,1-2H3,(H,15,16,17). The highest BCUT2D eigenvalue weighted by molar-refractivity contribution is 5.44. The lowest BCUT2D eigenvalue weighted by molar-refractivity contribution is 0.565. The first-order chi connectivity index (χ1) is 8.74. The number of hydrogen-bond donors (Lipinski definition) is 1. The van der Waals surface area contributed by atoms with Crippen LogP contribution >= 0.6 is 0 Å². The van der Waals surface area contributed by atoms with E-state index in [1.807, 2.05) is 4.90 Å². The molecule has 2 heterocycles. The molecule has 1 aromatic heterocycles. The van der Waals surface area contributed by atoms with Crippen LogP contribution < -0.4 is 10.2 Å². The molecule has 1 saturated heterocycles. The molecule has 1 fully saturated rings. The van der Waals surface area contributed by atoms with Crippen LogP contribution in [0.25, 0.3) is 0 Å². The molecule has 1 atom stereocenters. The lowest BCUT2D eigenvalue weighted by Crippen LogP contribution is -2.23. The summed E-state index contributed by atoms with van der Waals surface area (Å²) in [5, 5.41) is 3.10. The second kappa shape index (κ2) is 5.98. The number of anilines is 2. The van der Waals surface area contributed by atoms with E-state index in [1.54, 1.807) is 0 Å². The van der Waals surface area contributed by atoms with Gasteiger partial charge in [-0.1, -0.05) is 20.3 Å². The monoisotopic (exact) mass is 252 g/mol. The summed E-state index contributed by atoms with van der Waals surface area (Å²) in [6.07, 6.45) is 4.53. The number of halogens is 1. The number of hydrogen-bond acceptors (Lipinski definition) is 4. The van der Waals surface area contributed by atoms with E-state index >= 15 is 0 Å². The predicted octanol–water partition coefficient (Wildman–Crippen LogP) is 2.67. The molecule has 100 valence electrons. The van der Waals surface area contributed by atoms with E-state index in [0.29, 0.717) is 17.7 Å². The normalized spacial score (nSPS) is 19.3. The lowest BCUT2D eigenvalue weighted by atomic mass is 10.1. The van der Waals surface area contributed by atoms with Crippen molar-refractivity contribution in [3.63, 3.8) is 0 Å². The molecule has 0 radical (unpaired) electrons. The van der Waals surface area contributed by atoms with Crippen molar-refractivity contribution >= 4 is 11.8 Å². The van der Waals surface area contributed by atoms with Gasteiger partial charge in [-0.2, -0.15) is 4.98 Å². The molecular formula is C13H21FN4. The summed E-state index contributed by atoms with van der Waals surface area (Å²) >= 11 is 0. The average molecular weight is 252 g/mol. The molecule has 1 aliphatic heterocycles. The van der Waals surface area contributed by atoms with Crippen LogP contribution in [0, 0.1) is 11.7 Å². The highest BCUT2D eigenvalue weighted by Crippen LogP contribution is 2.26. The van der Waals surface area contributed by atoms with Crippen LogP contribution in [0.15, 0.2) is 6.20 Å². The second-order valence-corrected chi connectivity index (χ2v) is 4.80. The van der Waals surface area contributed by atoms with Crippen LogP contribution in [-0.4, -0.2) is 29.6 Å². The Morgan fingerprint density at radius 3 is 3.00 bits per heavy atom. The van der Waals surface area contributed by atoms with Crippen molar-refractivity contribution in [3.8, 4) is 0 Å². The number of nitrogens with one attached hydrogen (secondary N) is 1. The van der Waals surface area contributed by atoms with E-state index in [2.05, 4.69) is 29.1 Å². The maximum absolute atomic E-state index is 13.8. The Balaban J connectivity index is 2.11. The first-order valence-corrected chi connectivity index (χ1v) is 6.76. The highest BCUT2D eigenvalue weighted by Gasteiger charge is 2.24. The van der Waals surface area contributed by atoms with Gasteiger partial charge in [-0.05, 0) is 18.8 Å². The van der Waals surface area contributed by atoms with Gasteiger partial charge in [0.25, 0.3) is 0 Å². The van der Waals surface area contributed by atoms with Gasteiger partial charge < -0.3 is 10.2 Å². The number of aromatic nitrogens is 2. The Morgan fingerprint density at radius 1 is 1.50 bits per heavy atom. The van der Waals surface area contributed by atoms with Crippen molar-refractivity contribution in [2.75, 3.05) is 29.9 Å². The van der Waals surface area contributed by atoms with Crippen molar-refractivity contribution in [1.82, 2.24) is 9.97 Å². The minimum absolute atomic E-state index is 0.325. The second-order valence-electron chi connectivity index (χ2n) is 4.80. The fourth-order valence-electron chi connectivity index (χ4n) is 2.26. The molecule has 1 aliphatic rings. The molecule has 18 heavy (non-hydrogen) atoms. The number of rotatable bonds is 5. The van der Waals surface area contributed by atoms with Crippen LogP contribution in [-0.2, 0) is 0 Å². The molecule has 0 amide bonds. The minimum Gasteiger partial charge on any atom is -0.354 e. The summed E-state index contributed by atoms with van der Waals surface area (Å²) in [6.45, 7) is 6.85. The van der Waals surface area contributed by atoms with Gasteiger partial charge in [-0.25, -0.2) is 9.37 Å². The van der Waals surface area contributed by atoms with E-state index in [4.69, 9.17) is 0 Å². The zero-order chi connectivity index (χ0) is 13.0. The molecule has 0 saturated carbocycles. The van der Waals surface area contributed by atoms with Gasteiger partial charge in [-0.15, -0.1) is 0 Å². The van der Waals surface area contributed by atoms with Crippen LogP contribution in [0.5, 0.6) is 0 Å². The van der Waals surface area contributed by atoms with Crippen molar-refractivity contribution in [3.05, 3.63) is 12.0 Å². The predicted molar refractivity (Wildman–Crippen MR) is 71.4 cm³/mol. The van der Waals surface area contributed by atoms with Crippen molar-refractivity contribution < 1.29 is 4.39 Å². The van der Waals surface area contributed by atoms with E-state index in [0.717, 1.165) is 38.9 Å². The van der Waals surface area contributed by atoms with E-state index in [1.165, 1.54) is 6.20 Å². The maximum Gasteiger partial charge on any atom is 0.224 e. The fourth-order valence-corrected chi connectivity index (χ4v) is 2.26. The van der Waals surface area contributed by atoms with Crippen LogP contribution in [0.2, 0.25) is 0 Å². The molecule has 0 spiro atoms. The van der Waals surface area contributed by atoms with Crippen molar-refractivity contribution in [1.29, 1.82) is 0 Å². The maximum atomic E-state index is 13.8. The van der Waals surface area contributed by atoms with Crippen LogP contribution in [0.1, 0.15) is 33.1 Å². The smallest absolute Gasteiger partial charge is 0.224 e. The van der Waals surface area contributed by atoms with Gasteiger partial charge in [0.05, 0.1) is 6.20 Å². The SMILES string of the molecule is CCCNc1ncc(F)c(N2CCC(CC)C2)n1. The zero-order valence-corrected chi connectivity index (χ0v) is 11.1. The summed E-state index contributed by atoms with van der Waals surface area (Å²) in [4.78, 5) is 10.3. The Bertz CT molecular complexity index is 397. The Kier molecular flexibility index (Phi) is 4.33. The van der Waals surface area contributed by atoms with Gasteiger partial charge in [0.1, 0.15) is 0 Å². The molecule has 1 N–H and O–H groups in total. The summed E-state index contributed by atoms with van der Waals surface area (Å²) in [6, 6.07) is 0. The topological polar surface area (TPSA) is 41.1 Å². The zero-order valence-electron chi connectivity index (χ0n) is 11.1. The first-order valence-electron chi connectivity index (χ1n) is 6.76. The highest BCUT2D eigenvalue weighted by atomic mass is 19.1. The third kappa shape index (κ3) is 2.89. The van der Waals surface area contributed by atoms with Crippen molar-refractivity contribution in [2.45, 2.75) is 33.1 Å². The van der Waals surface area contributed by atoms with Crippen LogP contribution in [0.4, 0.5) is 16.2 Å². The summed E-state index contributed by atoms with van der Waals surface area (Å²) in [5.74, 6) is 1.30. The molecule has 1 aromatic rings. The van der Waals surface area contributed by atoms with E-state index in [9.17, 15) is 4.39 Å². The first kappa shape index (κ1) is 13.1. The summed E-state index contributed by atoms with van der Waals surface area (Å²) in [7, 11) is 0. The van der Waals surface area contributed by atoms with Crippen molar-refractivity contribution in [2.24, 2.45) is 5.92 Å². The Labute approximate surface area is 108 Å². The van der Waals surface area contributed by atoms with Gasteiger partial charge in [0, 0.05) is 19.6 Å². The van der Waals surface area contributed by atoms with Gasteiger partial charge >= 0.3 is 0 Å². The molecule has 0 bridgehead atoms.